The van der Waals surface area contributed by atoms with Crippen LogP contribution in [0.5, 0.6) is 0 Å². The van der Waals surface area contributed by atoms with Crippen molar-refractivity contribution in [1.29, 1.82) is 0 Å². The second-order valence-electron chi connectivity index (χ2n) is 3.79. The molecule has 0 saturated heterocycles. The van der Waals surface area contributed by atoms with Gasteiger partial charge in [0.15, 0.2) is 0 Å². The van der Waals surface area contributed by atoms with E-state index in [2.05, 4.69) is 0 Å². The summed E-state index contributed by atoms with van der Waals surface area (Å²) in [5.74, 6) is 0. The van der Waals surface area contributed by atoms with Crippen LogP contribution in [0.2, 0.25) is 0 Å². The van der Waals surface area contributed by atoms with Crippen molar-refractivity contribution in [3.8, 4) is 0 Å². The minimum Gasteiger partial charge on any atom is -0.325 e. The molecule has 3 nitrogen and oxygen atoms in total. The molecule has 0 aliphatic heterocycles. The lowest BCUT2D eigenvalue weighted by Gasteiger charge is -2.27. The lowest BCUT2D eigenvalue weighted by Crippen LogP contribution is -2.48. The minimum atomic E-state index is -0.780. The number of rotatable bonds is 3. The third kappa shape index (κ3) is 4.47. The van der Waals surface area contributed by atoms with Gasteiger partial charge in [-0.3, -0.25) is 0 Å². The highest BCUT2D eigenvalue weighted by Gasteiger charge is 2.25. The summed E-state index contributed by atoms with van der Waals surface area (Å²) in [6.07, 6.45) is 1.24. The number of carbonyl (C=O) groups excluding carboxylic acids is 1. The van der Waals surface area contributed by atoms with Crippen LogP contribution in [0.4, 0.5) is 0 Å². The van der Waals surface area contributed by atoms with E-state index in [1.165, 1.54) is 0 Å². The van der Waals surface area contributed by atoms with Crippen molar-refractivity contribution in [3.63, 3.8) is 0 Å². The van der Waals surface area contributed by atoms with Gasteiger partial charge >= 0.3 is 0 Å². The minimum absolute atomic E-state index is 0.371. The SMILES string of the molecule is CC(C)(N)CC(C)(N)C=O. The van der Waals surface area contributed by atoms with E-state index in [0.29, 0.717) is 6.42 Å². The predicted molar refractivity (Wildman–Crippen MR) is 41.5 cm³/mol. The van der Waals surface area contributed by atoms with Crippen molar-refractivity contribution >= 4 is 6.29 Å². The maximum absolute atomic E-state index is 10.3. The maximum atomic E-state index is 10.3. The monoisotopic (exact) mass is 144 g/mol. The van der Waals surface area contributed by atoms with Gasteiger partial charge in [0, 0.05) is 5.54 Å². The van der Waals surface area contributed by atoms with Crippen LogP contribution < -0.4 is 11.5 Å². The summed E-state index contributed by atoms with van der Waals surface area (Å²) in [5.41, 5.74) is 10.1. The van der Waals surface area contributed by atoms with Crippen LogP contribution in [0, 0.1) is 0 Å². The fourth-order valence-corrected chi connectivity index (χ4v) is 1.02. The maximum Gasteiger partial charge on any atom is 0.139 e. The van der Waals surface area contributed by atoms with Gasteiger partial charge in [-0.1, -0.05) is 0 Å². The van der Waals surface area contributed by atoms with Gasteiger partial charge in [-0.05, 0) is 27.2 Å². The molecule has 1 atom stereocenters. The van der Waals surface area contributed by atoms with E-state index in [-0.39, 0.29) is 5.54 Å². The van der Waals surface area contributed by atoms with Crippen LogP contribution in [0.1, 0.15) is 27.2 Å². The predicted octanol–water partition coefficient (Wildman–Crippen LogP) is 0.0301. The highest BCUT2D eigenvalue weighted by atomic mass is 16.1. The number of aldehydes is 1. The van der Waals surface area contributed by atoms with E-state index < -0.39 is 5.54 Å². The molecule has 0 aliphatic carbocycles. The van der Waals surface area contributed by atoms with Crippen LogP contribution in [-0.2, 0) is 4.79 Å². The first-order chi connectivity index (χ1) is 4.27. The van der Waals surface area contributed by atoms with Gasteiger partial charge in [0.2, 0.25) is 0 Å². The van der Waals surface area contributed by atoms with E-state index >= 15 is 0 Å². The summed E-state index contributed by atoms with van der Waals surface area (Å²) < 4.78 is 0. The Balaban J connectivity index is 4.01. The van der Waals surface area contributed by atoms with Crippen LogP contribution in [-0.4, -0.2) is 17.4 Å². The standard InChI is InChI=1S/C7H16N2O/c1-6(2,8)4-7(3,9)5-10/h5H,4,8-9H2,1-3H3. The van der Waals surface area contributed by atoms with Gasteiger partial charge in [-0.2, -0.15) is 0 Å². The molecule has 0 aliphatic rings. The molecule has 0 saturated carbocycles. The molecule has 0 spiro atoms. The Morgan fingerprint density at radius 1 is 1.30 bits per heavy atom. The summed E-state index contributed by atoms with van der Waals surface area (Å²) in [6, 6.07) is 0. The fraction of sp³-hybridized carbons (Fsp3) is 0.857. The summed E-state index contributed by atoms with van der Waals surface area (Å²) in [4.78, 5) is 10.3. The van der Waals surface area contributed by atoms with Gasteiger partial charge < -0.3 is 16.3 Å². The molecule has 0 aromatic carbocycles. The van der Waals surface area contributed by atoms with Gasteiger partial charge in [0.05, 0.1) is 5.54 Å². The molecular formula is C7H16N2O. The summed E-state index contributed by atoms with van der Waals surface area (Å²) in [5, 5.41) is 0. The van der Waals surface area contributed by atoms with E-state index in [1.54, 1.807) is 6.92 Å². The molecule has 0 fully saturated rings. The van der Waals surface area contributed by atoms with Crippen LogP contribution >= 0.6 is 0 Å². The first kappa shape index (κ1) is 9.59. The van der Waals surface area contributed by atoms with E-state index in [9.17, 15) is 4.79 Å². The lowest BCUT2D eigenvalue weighted by atomic mass is 9.88. The third-order valence-electron chi connectivity index (χ3n) is 1.11. The molecule has 10 heavy (non-hydrogen) atoms. The Morgan fingerprint density at radius 2 is 1.70 bits per heavy atom. The lowest BCUT2D eigenvalue weighted by molar-refractivity contribution is -0.112. The second kappa shape index (κ2) is 2.68. The van der Waals surface area contributed by atoms with Crippen LogP contribution in [0.3, 0.4) is 0 Å². The molecule has 0 radical (unpaired) electrons. The normalized spacial score (nSPS) is 18.1. The molecule has 0 amide bonds. The van der Waals surface area contributed by atoms with Gasteiger partial charge in [0.25, 0.3) is 0 Å². The second-order valence-corrected chi connectivity index (χ2v) is 3.79. The quantitative estimate of drug-likeness (QED) is 0.549. The average Bonchev–Trinajstić information content (AvgIpc) is 1.60. The zero-order valence-corrected chi connectivity index (χ0v) is 6.85. The summed E-state index contributed by atoms with van der Waals surface area (Å²) in [7, 11) is 0. The summed E-state index contributed by atoms with van der Waals surface area (Å²) >= 11 is 0. The fourth-order valence-electron chi connectivity index (χ4n) is 1.02. The Morgan fingerprint density at radius 3 is 1.80 bits per heavy atom. The largest absolute Gasteiger partial charge is 0.325 e. The Bertz CT molecular complexity index is 124. The molecule has 0 bridgehead atoms. The first-order valence-electron chi connectivity index (χ1n) is 3.31. The van der Waals surface area contributed by atoms with Crippen molar-refractivity contribution in [2.24, 2.45) is 11.5 Å². The smallest absolute Gasteiger partial charge is 0.139 e. The molecule has 0 heterocycles. The van der Waals surface area contributed by atoms with Gasteiger partial charge in [-0.15, -0.1) is 0 Å². The zero-order chi connectivity index (χ0) is 8.41. The van der Waals surface area contributed by atoms with E-state index in [4.69, 9.17) is 11.5 Å². The van der Waals surface area contributed by atoms with E-state index in [0.717, 1.165) is 6.29 Å². The number of hydrogen-bond donors (Lipinski definition) is 2. The van der Waals surface area contributed by atoms with Crippen molar-refractivity contribution in [2.45, 2.75) is 38.3 Å². The highest BCUT2D eigenvalue weighted by molar-refractivity contribution is 5.63. The summed E-state index contributed by atoms with van der Waals surface area (Å²) in [6.45, 7) is 5.37. The zero-order valence-electron chi connectivity index (χ0n) is 6.85. The molecular weight excluding hydrogens is 128 g/mol. The van der Waals surface area contributed by atoms with Gasteiger partial charge in [0.1, 0.15) is 6.29 Å². The highest BCUT2D eigenvalue weighted by Crippen LogP contribution is 2.12. The first-order valence-corrected chi connectivity index (χ1v) is 3.31. The number of carbonyl (C=O) groups is 1. The average molecular weight is 144 g/mol. The van der Waals surface area contributed by atoms with Crippen molar-refractivity contribution in [2.75, 3.05) is 0 Å². The van der Waals surface area contributed by atoms with Gasteiger partial charge in [-0.25, -0.2) is 0 Å². The Labute approximate surface area is 61.8 Å². The molecule has 0 aromatic rings. The van der Waals surface area contributed by atoms with Crippen LogP contribution in [0.15, 0.2) is 0 Å². The Hall–Kier alpha value is -0.410. The van der Waals surface area contributed by atoms with Crippen molar-refractivity contribution in [3.05, 3.63) is 0 Å². The molecule has 60 valence electrons. The van der Waals surface area contributed by atoms with Crippen molar-refractivity contribution < 1.29 is 4.79 Å². The third-order valence-corrected chi connectivity index (χ3v) is 1.11. The Kier molecular flexibility index (Phi) is 2.57. The number of hydrogen-bond acceptors (Lipinski definition) is 3. The molecule has 1 unspecified atom stereocenters. The van der Waals surface area contributed by atoms with Crippen molar-refractivity contribution in [1.82, 2.24) is 0 Å². The molecule has 0 aromatic heterocycles. The molecule has 4 N–H and O–H groups in total. The molecule has 3 heteroatoms. The number of nitrogens with two attached hydrogens (primary N) is 2. The van der Waals surface area contributed by atoms with E-state index in [1.807, 2.05) is 13.8 Å². The van der Waals surface area contributed by atoms with Crippen LogP contribution in [0.25, 0.3) is 0 Å². The topological polar surface area (TPSA) is 69.1 Å². The molecule has 0 rings (SSSR count).